The van der Waals surface area contributed by atoms with Crippen molar-refractivity contribution < 1.29 is 0 Å². The lowest BCUT2D eigenvalue weighted by molar-refractivity contribution is 0.300. The Bertz CT molecular complexity index is 1880. The van der Waals surface area contributed by atoms with Crippen molar-refractivity contribution in [3.63, 3.8) is 0 Å². The third kappa shape index (κ3) is 3.63. The van der Waals surface area contributed by atoms with E-state index in [4.69, 9.17) is 9.97 Å². The van der Waals surface area contributed by atoms with Crippen LogP contribution in [-0.2, 0) is 10.8 Å². The number of aromatic nitrogens is 2. The number of hydrogen-bond acceptors (Lipinski definition) is 2. The Kier molecular flexibility index (Phi) is 5.50. The van der Waals surface area contributed by atoms with E-state index in [0.717, 1.165) is 33.5 Å². The molecule has 0 bridgehead atoms. The number of benzene rings is 5. The molecule has 7 rings (SSSR count). The van der Waals surface area contributed by atoms with Crippen LogP contribution in [-0.4, -0.2) is 9.97 Å². The number of rotatable bonds is 3. The molecule has 2 heteroatoms. The summed E-state index contributed by atoms with van der Waals surface area (Å²) in [6.45, 7) is 9.57. The van der Waals surface area contributed by atoms with E-state index in [-0.39, 0.29) is 10.8 Å². The van der Waals surface area contributed by atoms with Gasteiger partial charge in [-0.2, -0.15) is 0 Å². The molecule has 0 aliphatic heterocycles. The fraction of sp³-hybridized carbons (Fsp3) is 0.158. The normalized spacial score (nSPS) is 14.9. The fourth-order valence-electron chi connectivity index (χ4n) is 6.43. The molecule has 1 aliphatic carbocycles. The number of fused-ring (bicyclic) bond motifs is 4. The third-order valence-electron chi connectivity index (χ3n) is 9.23. The van der Waals surface area contributed by atoms with Gasteiger partial charge in [0.15, 0.2) is 5.82 Å². The lowest BCUT2D eigenvalue weighted by Crippen LogP contribution is -2.43. The maximum Gasteiger partial charge on any atom is 0.160 e. The van der Waals surface area contributed by atoms with Crippen LogP contribution in [0.3, 0.4) is 0 Å². The van der Waals surface area contributed by atoms with Crippen LogP contribution in [0.25, 0.3) is 55.8 Å². The molecule has 0 amide bonds. The van der Waals surface area contributed by atoms with E-state index >= 15 is 0 Å². The topological polar surface area (TPSA) is 25.8 Å². The molecule has 40 heavy (non-hydrogen) atoms. The van der Waals surface area contributed by atoms with Crippen molar-refractivity contribution in [3.8, 4) is 44.9 Å². The zero-order valence-electron chi connectivity index (χ0n) is 23.4. The highest BCUT2D eigenvalue weighted by Gasteiger charge is 2.46. The molecule has 0 atom stereocenters. The molecule has 0 saturated heterocycles. The SMILES string of the molecule is CC1(C)c2ccccc2-c2cccc(-c3ccc4nc(-c5ccccc5)nc(-c5ccccc5)c4c3)c2C1(C)C. The molecule has 1 aliphatic rings. The van der Waals surface area contributed by atoms with Crippen molar-refractivity contribution in [3.05, 3.63) is 132 Å². The minimum atomic E-state index is -0.0852. The van der Waals surface area contributed by atoms with Gasteiger partial charge in [0.25, 0.3) is 0 Å². The van der Waals surface area contributed by atoms with E-state index in [1.165, 1.54) is 33.4 Å². The smallest absolute Gasteiger partial charge is 0.160 e. The van der Waals surface area contributed by atoms with E-state index in [1.807, 2.05) is 24.3 Å². The summed E-state index contributed by atoms with van der Waals surface area (Å²) < 4.78 is 0. The molecule has 0 N–H and O–H groups in total. The Balaban J connectivity index is 1.49. The van der Waals surface area contributed by atoms with Crippen LogP contribution in [0.1, 0.15) is 38.8 Å². The van der Waals surface area contributed by atoms with E-state index in [0.29, 0.717) is 0 Å². The summed E-state index contributed by atoms with van der Waals surface area (Å²) in [4.78, 5) is 10.2. The highest BCUT2D eigenvalue weighted by atomic mass is 14.9. The first-order chi connectivity index (χ1) is 19.4. The van der Waals surface area contributed by atoms with E-state index < -0.39 is 0 Å². The Morgan fingerprint density at radius 1 is 0.475 bits per heavy atom. The van der Waals surface area contributed by atoms with Gasteiger partial charge in [0.2, 0.25) is 0 Å². The van der Waals surface area contributed by atoms with Gasteiger partial charge in [-0.05, 0) is 50.9 Å². The molecule has 6 aromatic rings. The maximum atomic E-state index is 5.13. The third-order valence-corrected chi connectivity index (χ3v) is 9.23. The quantitative estimate of drug-likeness (QED) is 0.234. The number of hydrogen-bond donors (Lipinski definition) is 0. The summed E-state index contributed by atoms with van der Waals surface area (Å²) in [6.07, 6.45) is 0. The van der Waals surface area contributed by atoms with Gasteiger partial charge < -0.3 is 0 Å². The Morgan fingerprint density at radius 2 is 1.10 bits per heavy atom. The highest BCUT2D eigenvalue weighted by Crippen LogP contribution is 2.56. The Hall–Kier alpha value is -4.56. The van der Waals surface area contributed by atoms with E-state index in [2.05, 4.69) is 125 Å². The highest BCUT2D eigenvalue weighted by molar-refractivity contribution is 5.97. The van der Waals surface area contributed by atoms with Crippen LogP contribution in [0.15, 0.2) is 121 Å². The van der Waals surface area contributed by atoms with Gasteiger partial charge in [0.05, 0.1) is 11.2 Å². The van der Waals surface area contributed by atoms with Crippen LogP contribution in [0.2, 0.25) is 0 Å². The van der Waals surface area contributed by atoms with Crippen molar-refractivity contribution in [2.45, 2.75) is 38.5 Å². The van der Waals surface area contributed by atoms with E-state index in [9.17, 15) is 0 Å². The summed E-state index contributed by atoms with van der Waals surface area (Å²) in [5.74, 6) is 0.747. The molecule has 0 fully saturated rings. The van der Waals surface area contributed by atoms with Gasteiger partial charge in [-0.25, -0.2) is 9.97 Å². The van der Waals surface area contributed by atoms with Crippen molar-refractivity contribution in [1.29, 1.82) is 0 Å². The molecule has 0 spiro atoms. The second-order valence-electron chi connectivity index (χ2n) is 11.9. The largest absolute Gasteiger partial charge is 0.228 e. The van der Waals surface area contributed by atoms with Crippen LogP contribution >= 0.6 is 0 Å². The molecule has 0 saturated carbocycles. The summed E-state index contributed by atoms with van der Waals surface area (Å²) in [5.41, 5.74) is 11.9. The van der Waals surface area contributed by atoms with Crippen LogP contribution in [0, 0.1) is 0 Å². The maximum absolute atomic E-state index is 5.13. The van der Waals surface area contributed by atoms with Gasteiger partial charge in [0, 0.05) is 21.9 Å². The molecule has 1 heterocycles. The Morgan fingerprint density at radius 3 is 1.85 bits per heavy atom. The lowest BCUT2D eigenvalue weighted by atomic mass is 9.54. The summed E-state index contributed by atoms with van der Waals surface area (Å²) in [5, 5.41) is 1.06. The second-order valence-corrected chi connectivity index (χ2v) is 11.9. The van der Waals surface area contributed by atoms with Gasteiger partial charge in [-0.3, -0.25) is 0 Å². The van der Waals surface area contributed by atoms with Crippen LogP contribution < -0.4 is 0 Å². The van der Waals surface area contributed by atoms with Crippen LogP contribution in [0.5, 0.6) is 0 Å². The molecular weight excluding hydrogens is 484 g/mol. The minimum Gasteiger partial charge on any atom is -0.228 e. The average molecular weight is 517 g/mol. The molecule has 1 aromatic heterocycles. The molecule has 0 unspecified atom stereocenters. The predicted octanol–water partition coefficient (Wildman–Crippen LogP) is 9.87. The molecule has 194 valence electrons. The lowest BCUT2D eigenvalue weighted by Gasteiger charge is -2.49. The predicted molar refractivity (Wildman–Crippen MR) is 167 cm³/mol. The monoisotopic (exact) mass is 516 g/mol. The first-order valence-electron chi connectivity index (χ1n) is 14.0. The minimum absolute atomic E-state index is 0.0353. The molecule has 5 aromatic carbocycles. The number of nitrogens with zero attached hydrogens (tertiary/aromatic N) is 2. The standard InChI is InChI=1S/C38H32N2/c1-37(2)32-21-12-11-18-29(32)30-20-13-19-28(34(30)38(37,3)4)27-22-23-33-31(24-27)35(25-14-7-5-8-15-25)40-36(39-33)26-16-9-6-10-17-26/h5-24H,1-4H3. The zero-order valence-corrected chi connectivity index (χ0v) is 23.4. The molecule has 2 nitrogen and oxygen atoms in total. The molecule has 0 radical (unpaired) electrons. The van der Waals surface area contributed by atoms with Crippen molar-refractivity contribution in [2.24, 2.45) is 0 Å². The molecular formula is C38H32N2. The second kappa shape index (κ2) is 8.99. The van der Waals surface area contributed by atoms with Gasteiger partial charge in [-0.1, -0.05) is 137 Å². The van der Waals surface area contributed by atoms with E-state index in [1.54, 1.807) is 0 Å². The van der Waals surface area contributed by atoms with Crippen molar-refractivity contribution in [2.75, 3.05) is 0 Å². The van der Waals surface area contributed by atoms with Crippen molar-refractivity contribution in [1.82, 2.24) is 9.97 Å². The fourth-order valence-corrected chi connectivity index (χ4v) is 6.43. The summed E-state index contributed by atoms with van der Waals surface area (Å²) >= 11 is 0. The summed E-state index contributed by atoms with van der Waals surface area (Å²) in [6, 6.07) is 43.1. The van der Waals surface area contributed by atoms with Crippen LogP contribution in [0.4, 0.5) is 0 Å². The van der Waals surface area contributed by atoms with Gasteiger partial charge >= 0.3 is 0 Å². The Labute approximate surface area is 236 Å². The van der Waals surface area contributed by atoms with Gasteiger partial charge in [0.1, 0.15) is 0 Å². The first-order valence-corrected chi connectivity index (χ1v) is 14.0. The zero-order chi connectivity index (χ0) is 27.5. The van der Waals surface area contributed by atoms with Gasteiger partial charge in [-0.15, -0.1) is 0 Å². The van der Waals surface area contributed by atoms with Crippen molar-refractivity contribution >= 4 is 10.9 Å². The first kappa shape index (κ1) is 24.5. The summed E-state index contributed by atoms with van der Waals surface area (Å²) in [7, 11) is 0. The average Bonchev–Trinajstić information content (AvgIpc) is 3.00.